The summed E-state index contributed by atoms with van der Waals surface area (Å²) in [5.74, 6) is 0.635. The van der Waals surface area contributed by atoms with E-state index in [1.165, 1.54) is 23.4 Å². The van der Waals surface area contributed by atoms with Crippen molar-refractivity contribution in [1.29, 1.82) is 0 Å². The van der Waals surface area contributed by atoms with Gasteiger partial charge in [0.1, 0.15) is 10.2 Å². The molecule has 118 valence electrons. The van der Waals surface area contributed by atoms with E-state index in [4.69, 9.17) is 0 Å². The lowest BCUT2D eigenvalue weighted by Gasteiger charge is -2.14. The fourth-order valence-electron chi connectivity index (χ4n) is 2.08. The largest absolute Gasteiger partial charge is 0.325 e. The number of fused-ring (bicyclic) bond motifs is 1. The van der Waals surface area contributed by atoms with E-state index in [0.29, 0.717) is 11.3 Å². The minimum atomic E-state index is -0.320. The van der Waals surface area contributed by atoms with Gasteiger partial charge in [-0.1, -0.05) is 47.8 Å². The smallest absolute Gasteiger partial charge is 0.234 e. The Hall–Kier alpha value is -1.79. The number of benzene rings is 2. The molecule has 1 aliphatic heterocycles. The molecule has 0 fully saturated rings. The number of nitrogens with one attached hydrogen (secondary N) is 1. The number of aryl methyl sites for hydroxylation is 1. The quantitative estimate of drug-likeness (QED) is 0.873. The summed E-state index contributed by atoms with van der Waals surface area (Å²) in [6, 6.07) is 12.7. The number of rotatable bonds is 3. The highest BCUT2D eigenvalue weighted by Crippen LogP contribution is 2.34. The van der Waals surface area contributed by atoms with Crippen LogP contribution in [0.4, 0.5) is 15.8 Å². The lowest BCUT2D eigenvalue weighted by molar-refractivity contribution is -0.113. The predicted molar refractivity (Wildman–Crippen MR) is 97.1 cm³/mol. The summed E-state index contributed by atoms with van der Waals surface area (Å²) in [4.78, 5) is 16.5. The number of thioether (sulfide) groups is 2. The summed E-state index contributed by atoms with van der Waals surface area (Å²) in [6.07, 6.45) is 0. The minimum absolute atomic E-state index is 0.166. The highest BCUT2D eigenvalue weighted by atomic mass is 32.2. The molecule has 0 spiro atoms. The Kier molecular flexibility index (Phi) is 5.03. The molecule has 1 heterocycles. The Bertz CT molecular complexity index is 777. The number of aliphatic imine (C=N–C) groups is 1. The molecule has 0 radical (unpaired) electrons. The van der Waals surface area contributed by atoms with Crippen LogP contribution in [0.1, 0.15) is 11.1 Å². The number of hydrogen-bond donors (Lipinski definition) is 1. The van der Waals surface area contributed by atoms with Gasteiger partial charge in [-0.2, -0.15) is 0 Å². The van der Waals surface area contributed by atoms with Gasteiger partial charge in [-0.05, 0) is 36.2 Å². The summed E-state index contributed by atoms with van der Waals surface area (Å²) in [5, 5.41) is 2.70. The lowest BCUT2D eigenvalue weighted by Crippen LogP contribution is -2.15. The molecule has 6 heteroatoms. The van der Waals surface area contributed by atoms with Crippen molar-refractivity contribution in [3.8, 4) is 0 Å². The zero-order valence-electron chi connectivity index (χ0n) is 12.5. The van der Waals surface area contributed by atoms with Gasteiger partial charge in [0.15, 0.2) is 0 Å². The molecule has 0 saturated carbocycles. The van der Waals surface area contributed by atoms with Gasteiger partial charge in [0.05, 0.1) is 11.4 Å². The van der Waals surface area contributed by atoms with Crippen molar-refractivity contribution in [2.45, 2.75) is 12.7 Å². The van der Waals surface area contributed by atoms with E-state index in [1.807, 2.05) is 18.2 Å². The van der Waals surface area contributed by atoms with E-state index in [-0.39, 0.29) is 17.5 Å². The zero-order chi connectivity index (χ0) is 16.2. The highest BCUT2D eigenvalue weighted by molar-refractivity contribution is 8.38. The maximum atomic E-state index is 13.5. The fraction of sp³-hybridized carbons (Fsp3) is 0.176. The number of para-hydroxylation sites is 1. The average Bonchev–Trinajstić information content (AvgIpc) is 2.56. The van der Waals surface area contributed by atoms with Crippen LogP contribution in [0.2, 0.25) is 0 Å². The van der Waals surface area contributed by atoms with Gasteiger partial charge in [-0.25, -0.2) is 9.38 Å². The topological polar surface area (TPSA) is 41.5 Å². The third-order valence-electron chi connectivity index (χ3n) is 3.34. The third kappa shape index (κ3) is 4.14. The molecule has 0 aromatic heterocycles. The van der Waals surface area contributed by atoms with Gasteiger partial charge < -0.3 is 5.32 Å². The standard InChI is InChI=1S/C17H15FN2OS2/c1-11-6-7-13(8-14(11)18)19-16(21)10-23-17-20-15-5-3-2-4-12(15)9-22-17/h2-8H,9-10H2,1H3,(H,19,21). The van der Waals surface area contributed by atoms with Crippen molar-refractivity contribution in [2.24, 2.45) is 4.99 Å². The van der Waals surface area contributed by atoms with Crippen LogP contribution in [-0.4, -0.2) is 16.0 Å². The number of hydrogen-bond acceptors (Lipinski definition) is 4. The molecule has 3 rings (SSSR count). The molecule has 1 amide bonds. The van der Waals surface area contributed by atoms with Crippen LogP contribution in [0, 0.1) is 12.7 Å². The third-order valence-corrected chi connectivity index (χ3v) is 5.58. The van der Waals surface area contributed by atoms with E-state index in [1.54, 1.807) is 30.8 Å². The van der Waals surface area contributed by atoms with Gasteiger partial charge in [-0.15, -0.1) is 0 Å². The van der Waals surface area contributed by atoms with Crippen molar-refractivity contribution in [3.05, 3.63) is 59.4 Å². The Morgan fingerprint density at radius 3 is 3.00 bits per heavy atom. The molecule has 0 aliphatic carbocycles. The molecule has 0 atom stereocenters. The molecule has 2 aromatic rings. The van der Waals surface area contributed by atoms with Gasteiger partial charge in [0.25, 0.3) is 0 Å². The number of anilines is 1. The van der Waals surface area contributed by atoms with E-state index < -0.39 is 0 Å². The van der Waals surface area contributed by atoms with Crippen molar-refractivity contribution >= 4 is 45.2 Å². The van der Waals surface area contributed by atoms with Gasteiger partial charge in [0.2, 0.25) is 5.91 Å². The van der Waals surface area contributed by atoms with Crippen LogP contribution in [-0.2, 0) is 10.5 Å². The molecule has 1 N–H and O–H groups in total. The first-order chi connectivity index (χ1) is 11.1. The van der Waals surface area contributed by atoms with Crippen LogP contribution in [0.15, 0.2) is 47.5 Å². The molecule has 0 saturated heterocycles. The second-order valence-electron chi connectivity index (χ2n) is 5.10. The molecule has 23 heavy (non-hydrogen) atoms. The minimum Gasteiger partial charge on any atom is -0.325 e. The van der Waals surface area contributed by atoms with Gasteiger partial charge in [-0.3, -0.25) is 4.79 Å². The molecule has 3 nitrogen and oxygen atoms in total. The first kappa shape index (κ1) is 16.1. The Morgan fingerprint density at radius 2 is 2.17 bits per heavy atom. The first-order valence-corrected chi connectivity index (χ1v) is 9.07. The van der Waals surface area contributed by atoms with E-state index in [2.05, 4.69) is 16.4 Å². The molecule has 2 aromatic carbocycles. The summed E-state index contributed by atoms with van der Waals surface area (Å²) >= 11 is 3.03. The Labute approximate surface area is 142 Å². The molecular formula is C17H15FN2OS2. The number of amides is 1. The number of carbonyl (C=O) groups is 1. The van der Waals surface area contributed by atoms with Crippen LogP contribution < -0.4 is 5.32 Å². The molecule has 1 aliphatic rings. The summed E-state index contributed by atoms with van der Waals surface area (Å²) in [6.45, 7) is 1.69. The van der Waals surface area contributed by atoms with Crippen LogP contribution in [0.25, 0.3) is 0 Å². The highest BCUT2D eigenvalue weighted by Gasteiger charge is 2.14. The van der Waals surface area contributed by atoms with Crippen LogP contribution in [0.5, 0.6) is 0 Å². The Balaban J connectivity index is 1.57. The zero-order valence-corrected chi connectivity index (χ0v) is 14.1. The summed E-state index contributed by atoms with van der Waals surface area (Å²) < 4.78 is 14.4. The average molecular weight is 346 g/mol. The van der Waals surface area contributed by atoms with Crippen molar-refractivity contribution in [3.63, 3.8) is 0 Å². The lowest BCUT2D eigenvalue weighted by atomic mass is 10.2. The number of carbonyl (C=O) groups excluding carboxylic acids is 1. The summed E-state index contributed by atoms with van der Waals surface area (Å²) in [5.41, 5.74) is 3.21. The maximum absolute atomic E-state index is 13.5. The van der Waals surface area contributed by atoms with Crippen molar-refractivity contribution in [1.82, 2.24) is 0 Å². The van der Waals surface area contributed by atoms with Crippen molar-refractivity contribution in [2.75, 3.05) is 11.1 Å². The monoisotopic (exact) mass is 346 g/mol. The fourth-order valence-corrected chi connectivity index (χ4v) is 3.94. The van der Waals surface area contributed by atoms with Crippen LogP contribution in [0.3, 0.4) is 0 Å². The van der Waals surface area contributed by atoms with E-state index in [0.717, 1.165) is 15.8 Å². The maximum Gasteiger partial charge on any atom is 0.234 e. The van der Waals surface area contributed by atoms with Gasteiger partial charge in [0, 0.05) is 11.4 Å². The normalized spacial score (nSPS) is 13.2. The second-order valence-corrected chi connectivity index (χ2v) is 7.28. The number of nitrogens with zero attached hydrogens (tertiary/aromatic N) is 1. The SMILES string of the molecule is Cc1ccc(NC(=O)CSC2=Nc3ccccc3CS2)cc1F. The predicted octanol–water partition coefficient (Wildman–Crippen LogP) is 4.74. The molecular weight excluding hydrogens is 331 g/mol. The van der Waals surface area contributed by atoms with Crippen molar-refractivity contribution < 1.29 is 9.18 Å². The molecule has 0 unspecified atom stereocenters. The first-order valence-electron chi connectivity index (χ1n) is 7.10. The van der Waals surface area contributed by atoms with Gasteiger partial charge >= 0.3 is 0 Å². The second kappa shape index (κ2) is 7.19. The van der Waals surface area contributed by atoms with E-state index in [9.17, 15) is 9.18 Å². The Morgan fingerprint density at radius 1 is 1.35 bits per heavy atom. The van der Waals surface area contributed by atoms with Crippen LogP contribution >= 0.6 is 23.5 Å². The molecule has 0 bridgehead atoms. The number of halogens is 1. The summed E-state index contributed by atoms with van der Waals surface area (Å²) in [7, 11) is 0. The van der Waals surface area contributed by atoms with E-state index >= 15 is 0 Å².